The zero-order valence-corrected chi connectivity index (χ0v) is 20.4. The van der Waals surface area contributed by atoms with Gasteiger partial charge in [-0.3, -0.25) is 9.59 Å². The van der Waals surface area contributed by atoms with E-state index in [1.54, 1.807) is 18.2 Å². The van der Waals surface area contributed by atoms with E-state index in [2.05, 4.69) is 16.9 Å². The number of benzene rings is 2. The van der Waals surface area contributed by atoms with Crippen LogP contribution in [0.25, 0.3) is 10.9 Å². The van der Waals surface area contributed by atoms with Gasteiger partial charge in [0.2, 0.25) is 12.5 Å². The molecule has 1 spiro atoms. The minimum atomic E-state index is -1.87. The molecule has 1 fully saturated rings. The molecule has 1 unspecified atom stereocenters. The number of hydrogen-bond donors (Lipinski definition) is 2. The normalized spacial score (nSPS) is 20.0. The monoisotopic (exact) mass is 511 g/mol. The van der Waals surface area contributed by atoms with E-state index < -0.39 is 47.6 Å². The van der Waals surface area contributed by atoms with Gasteiger partial charge in [-0.1, -0.05) is 24.8 Å². The Morgan fingerprint density at radius 3 is 2.70 bits per heavy atom. The summed E-state index contributed by atoms with van der Waals surface area (Å²) in [6.45, 7) is 6.10. The summed E-state index contributed by atoms with van der Waals surface area (Å²) in [5, 5.41) is 2.94. The molecule has 2 aromatic carbocycles. The third kappa shape index (κ3) is 4.30. The van der Waals surface area contributed by atoms with Crippen LogP contribution in [-0.2, 0) is 21.5 Å². The van der Waals surface area contributed by atoms with E-state index in [9.17, 15) is 27.7 Å². The quantitative estimate of drug-likeness (QED) is 0.463. The first-order valence-electron chi connectivity index (χ1n) is 11.9. The number of likely N-dealkylation sites (tertiary alicyclic amines) is 1. The standard InChI is InChI=1S/C27H25F3N4O3/c1-15-11-27(19-6-4-5-7-21(19)32-25(27)36)14-33(15)24(35)23(12-26(2,3)30)34(37)13-17-10-18-20(29)8-16(28)9-22(18)31-17/h4-10,23,31H,1,11-14H2,2-3H3/p+1/t23?,27-/m0/s1. The van der Waals surface area contributed by atoms with Crippen LogP contribution in [0, 0.1) is 16.5 Å². The second-order valence-electron chi connectivity index (χ2n) is 10.4. The molecular weight excluding hydrogens is 485 g/mol. The predicted molar refractivity (Wildman–Crippen MR) is 131 cm³/mol. The van der Waals surface area contributed by atoms with Crippen LogP contribution in [-0.4, -0.2) is 44.7 Å². The number of amides is 2. The summed E-state index contributed by atoms with van der Waals surface area (Å²) in [6.07, 6.45) is -0.239. The van der Waals surface area contributed by atoms with Gasteiger partial charge in [-0.25, -0.2) is 13.2 Å². The van der Waals surface area contributed by atoms with Gasteiger partial charge < -0.3 is 15.2 Å². The minimum Gasteiger partial charge on any atom is -0.353 e. The zero-order chi connectivity index (χ0) is 26.7. The van der Waals surface area contributed by atoms with Crippen LogP contribution in [0.4, 0.5) is 18.9 Å². The molecule has 0 saturated carbocycles. The molecule has 0 aliphatic carbocycles. The smallest absolute Gasteiger partial charge is 0.300 e. The summed E-state index contributed by atoms with van der Waals surface area (Å²) in [7, 11) is 0. The Morgan fingerprint density at radius 2 is 1.97 bits per heavy atom. The highest BCUT2D eigenvalue weighted by Gasteiger charge is 2.55. The fraction of sp³-hybridized carbons (Fsp3) is 0.333. The van der Waals surface area contributed by atoms with Crippen LogP contribution in [0.2, 0.25) is 0 Å². The average molecular weight is 512 g/mol. The van der Waals surface area contributed by atoms with Crippen molar-refractivity contribution in [2.24, 2.45) is 0 Å². The molecule has 7 nitrogen and oxygen atoms in total. The predicted octanol–water partition coefficient (Wildman–Crippen LogP) is 4.87. The molecule has 1 aromatic heterocycles. The summed E-state index contributed by atoms with van der Waals surface area (Å²) < 4.78 is 42.9. The van der Waals surface area contributed by atoms with Crippen LogP contribution >= 0.6 is 0 Å². The zero-order valence-electron chi connectivity index (χ0n) is 20.4. The van der Waals surface area contributed by atoms with Crippen molar-refractivity contribution in [3.05, 3.63) is 82.5 Å². The number of allylic oxidation sites excluding steroid dienone is 1. The Labute approximate surface area is 210 Å². The number of para-hydroxylation sites is 1. The first-order valence-corrected chi connectivity index (χ1v) is 11.9. The number of nitrogens with one attached hydrogen (secondary N) is 2. The topological polar surface area (TPSA) is 85.3 Å². The Hall–Kier alpha value is -3.95. The molecule has 1 saturated heterocycles. The Morgan fingerprint density at radius 1 is 1.24 bits per heavy atom. The number of rotatable bonds is 6. The fourth-order valence-corrected chi connectivity index (χ4v) is 5.35. The van der Waals surface area contributed by atoms with Crippen LogP contribution in [0.15, 0.2) is 54.7 Å². The van der Waals surface area contributed by atoms with E-state index in [0.717, 1.165) is 17.7 Å². The number of carbonyl (C=O) groups excluding carboxylic acids is 2. The van der Waals surface area contributed by atoms with E-state index in [-0.39, 0.29) is 35.5 Å². The molecule has 3 heterocycles. The number of anilines is 1. The van der Waals surface area contributed by atoms with Crippen LogP contribution in [0.5, 0.6) is 0 Å². The Balaban J connectivity index is 1.43. The second-order valence-corrected chi connectivity index (χ2v) is 10.4. The molecule has 2 aliphatic rings. The van der Waals surface area contributed by atoms with E-state index >= 15 is 0 Å². The number of hydrogen-bond acceptors (Lipinski definition) is 3. The Kier molecular flexibility index (Phi) is 5.73. The van der Waals surface area contributed by atoms with Crippen molar-refractivity contribution < 1.29 is 27.5 Å². The number of aromatic nitrogens is 1. The average Bonchev–Trinajstić information content (AvgIpc) is 3.45. The fourth-order valence-electron chi connectivity index (χ4n) is 5.35. The minimum absolute atomic E-state index is 0.0263. The van der Waals surface area contributed by atoms with Crippen molar-refractivity contribution in [2.45, 2.75) is 50.4 Å². The Bertz CT molecular complexity index is 1480. The van der Waals surface area contributed by atoms with Gasteiger partial charge in [-0.05, 0) is 37.6 Å². The molecule has 0 radical (unpaired) electrons. The SMILES string of the molecule is C=C1C[C@@]2(CN1C(=O)C(CC(C)(C)F)[N+](=O)Cc1cc3c(F)cc(F)cc3[nH]1)C(=O)Nc1ccccc12. The van der Waals surface area contributed by atoms with Gasteiger partial charge in [-0.2, -0.15) is 0 Å². The van der Waals surface area contributed by atoms with Crippen LogP contribution in [0.1, 0.15) is 37.9 Å². The molecular formula is C27H26F3N4O3+. The maximum atomic E-state index is 14.8. The van der Waals surface area contributed by atoms with Gasteiger partial charge in [0.1, 0.15) is 17.3 Å². The summed E-state index contributed by atoms with van der Waals surface area (Å²) in [5.74, 6) is -2.50. The number of aromatic amines is 1. The highest BCUT2D eigenvalue weighted by molar-refractivity contribution is 6.07. The van der Waals surface area contributed by atoms with Crippen LogP contribution in [0.3, 0.4) is 0 Å². The molecule has 2 aliphatic heterocycles. The van der Waals surface area contributed by atoms with E-state index in [4.69, 9.17) is 0 Å². The van der Waals surface area contributed by atoms with Gasteiger partial charge >= 0.3 is 0 Å². The van der Waals surface area contributed by atoms with E-state index in [1.165, 1.54) is 24.8 Å². The first kappa shape index (κ1) is 24.7. The van der Waals surface area contributed by atoms with E-state index in [0.29, 0.717) is 16.1 Å². The highest BCUT2D eigenvalue weighted by atomic mass is 19.1. The van der Waals surface area contributed by atoms with Gasteiger partial charge in [-0.15, -0.1) is 0 Å². The largest absolute Gasteiger partial charge is 0.353 e. The van der Waals surface area contributed by atoms with Crippen LogP contribution < -0.4 is 5.32 Å². The number of H-pyrrole nitrogens is 1. The maximum Gasteiger partial charge on any atom is 0.300 e. The number of nitrogens with zero attached hydrogens (tertiary/aromatic N) is 2. The number of nitroso groups, excluding NO2 is 1. The summed E-state index contributed by atoms with van der Waals surface area (Å²) in [4.78, 5) is 44.1. The van der Waals surface area contributed by atoms with Crippen molar-refractivity contribution in [3.63, 3.8) is 0 Å². The number of fused-ring (bicyclic) bond motifs is 3. The third-order valence-corrected chi connectivity index (χ3v) is 7.05. The van der Waals surface area contributed by atoms with Crippen molar-refractivity contribution in [1.82, 2.24) is 9.88 Å². The molecule has 5 rings (SSSR count). The molecule has 2 N–H and O–H groups in total. The van der Waals surface area contributed by atoms with Crippen molar-refractivity contribution >= 4 is 28.4 Å². The van der Waals surface area contributed by atoms with Crippen molar-refractivity contribution in [2.75, 3.05) is 11.9 Å². The molecule has 2 amide bonds. The summed E-state index contributed by atoms with van der Waals surface area (Å²) in [5.41, 5.74) is -0.746. The molecule has 0 bridgehead atoms. The van der Waals surface area contributed by atoms with Gasteiger partial charge in [0.05, 0.1) is 23.0 Å². The molecule has 10 heteroatoms. The molecule has 37 heavy (non-hydrogen) atoms. The number of carbonyl (C=O) groups is 2. The first-order chi connectivity index (χ1) is 17.4. The summed E-state index contributed by atoms with van der Waals surface area (Å²) in [6, 6.07) is 8.94. The lowest BCUT2D eigenvalue weighted by Crippen LogP contribution is -2.47. The van der Waals surface area contributed by atoms with Crippen molar-refractivity contribution in [3.8, 4) is 0 Å². The van der Waals surface area contributed by atoms with Gasteiger partial charge in [0.25, 0.3) is 11.9 Å². The highest BCUT2D eigenvalue weighted by Crippen LogP contribution is 2.47. The number of halogens is 3. The van der Waals surface area contributed by atoms with Gasteiger partial charge in [0, 0.05) is 45.5 Å². The van der Waals surface area contributed by atoms with Crippen molar-refractivity contribution in [1.29, 1.82) is 0 Å². The summed E-state index contributed by atoms with van der Waals surface area (Å²) >= 11 is 0. The lowest BCUT2D eigenvalue weighted by Gasteiger charge is -2.24. The molecule has 192 valence electrons. The third-order valence-electron chi connectivity index (χ3n) is 7.05. The lowest BCUT2D eigenvalue weighted by atomic mass is 9.80. The van der Waals surface area contributed by atoms with E-state index in [1.807, 2.05) is 6.07 Å². The molecule has 2 atom stereocenters. The maximum absolute atomic E-state index is 14.8. The lowest BCUT2D eigenvalue weighted by molar-refractivity contribution is -0.591. The van der Waals surface area contributed by atoms with Gasteiger partial charge in [0.15, 0.2) is 0 Å². The second kappa shape index (κ2) is 8.57. The molecule has 3 aromatic rings. The number of alkyl halides is 1.